The summed E-state index contributed by atoms with van der Waals surface area (Å²) in [7, 11) is 0. The van der Waals surface area contributed by atoms with Crippen LogP contribution >= 0.6 is 0 Å². The van der Waals surface area contributed by atoms with Gasteiger partial charge in [-0.15, -0.1) is 5.10 Å². The molecule has 5 nitrogen and oxygen atoms in total. The molecule has 0 bridgehead atoms. The molecule has 3 aromatic rings. The predicted octanol–water partition coefficient (Wildman–Crippen LogP) is 3.37. The molecule has 0 saturated carbocycles. The first-order valence-corrected chi connectivity index (χ1v) is 8.14. The van der Waals surface area contributed by atoms with E-state index >= 15 is 0 Å². The highest BCUT2D eigenvalue weighted by Crippen LogP contribution is 2.28. The number of nitrogens with zero attached hydrogens (tertiary/aromatic N) is 3. The van der Waals surface area contributed by atoms with Crippen LogP contribution in [0.2, 0.25) is 0 Å². The largest absolute Gasteiger partial charge is 0.323 e. The Labute approximate surface area is 143 Å². The van der Waals surface area contributed by atoms with Gasteiger partial charge in [-0.3, -0.25) is 0 Å². The monoisotopic (exact) mass is 341 g/mol. The van der Waals surface area contributed by atoms with Crippen molar-refractivity contribution < 1.29 is 8.78 Å². The summed E-state index contributed by atoms with van der Waals surface area (Å²) in [6.07, 6.45) is 2.43. The average molecular weight is 341 g/mol. The number of anilines is 2. The van der Waals surface area contributed by atoms with Crippen LogP contribution < -0.4 is 10.6 Å². The molecule has 7 heteroatoms. The Balaban J connectivity index is 1.55. The lowest BCUT2D eigenvalue weighted by molar-refractivity contribution is 0.588. The minimum absolute atomic E-state index is 0.180. The first-order valence-electron chi connectivity index (χ1n) is 8.14. The Bertz CT molecular complexity index is 887. The molecule has 2 aromatic carbocycles. The summed E-state index contributed by atoms with van der Waals surface area (Å²) in [6.45, 7) is 1.69. The van der Waals surface area contributed by atoms with Crippen molar-refractivity contribution in [2.24, 2.45) is 0 Å². The van der Waals surface area contributed by atoms with Gasteiger partial charge in [-0.1, -0.05) is 6.07 Å². The number of halogens is 2. The van der Waals surface area contributed by atoms with Gasteiger partial charge >= 0.3 is 0 Å². The van der Waals surface area contributed by atoms with Gasteiger partial charge in [-0.2, -0.15) is 4.98 Å². The van der Waals surface area contributed by atoms with Crippen LogP contribution in [0.15, 0.2) is 48.8 Å². The quantitative estimate of drug-likeness (QED) is 0.764. The van der Waals surface area contributed by atoms with Crippen LogP contribution in [0.4, 0.5) is 20.4 Å². The van der Waals surface area contributed by atoms with E-state index in [-0.39, 0.29) is 17.6 Å². The molecule has 1 fully saturated rings. The first kappa shape index (κ1) is 15.7. The number of aromatic nitrogens is 3. The van der Waals surface area contributed by atoms with Gasteiger partial charge in [0.1, 0.15) is 18.0 Å². The molecule has 2 heterocycles. The standard InChI is InChI=1S/C18H17F2N5/c19-13-2-1-3-15(8-13)25-11-22-18(24-25)23-14-4-5-17(20)16(9-14)12-6-7-21-10-12/h1-5,8-9,11-12,21H,6-7,10H2,(H,23,24). The summed E-state index contributed by atoms with van der Waals surface area (Å²) in [5, 5.41) is 10.6. The molecule has 2 N–H and O–H groups in total. The molecule has 1 aliphatic heterocycles. The Morgan fingerprint density at radius 2 is 2.08 bits per heavy atom. The molecule has 0 aliphatic carbocycles. The number of benzene rings is 2. The highest BCUT2D eigenvalue weighted by molar-refractivity contribution is 5.55. The van der Waals surface area contributed by atoms with Gasteiger partial charge in [0.2, 0.25) is 5.95 Å². The van der Waals surface area contributed by atoms with Gasteiger partial charge in [0.15, 0.2) is 0 Å². The van der Waals surface area contributed by atoms with E-state index in [0.717, 1.165) is 25.2 Å². The van der Waals surface area contributed by atoms with Crippen LogP contribution in [0.1, 0.15) is 17.9 Å². The topological polar surface area (TPSA) is 54.8 Å². The Hall–Kier alpha value is -2.80. The summed E-state index contributed by atoms with van der Waals surface area (Å²) >= 11 is 0. The molecule has 4 rings (SSSR count). The zero-order valence-electron chi connectivity index (χ0n) is 13.4. The van der Waals surface area contributed by atoms with Crippen LogP contribution in [-0.2, 0) is 0 Å². The summed E-state index contributed by atoms with van der Waals surface area (Å²) in [5.41, 5.74) is 2.00. The molecular formula is C18H17F2N5. The number of hydrogen-bond acceptors (Lipinski definition) is 4. The fraction of sp³-hybridized carbons (Fsp3) is 0.222. The predicted molar refractivity (Wildman–Crippen MR) is 91.2 cm³/mol. The van der Waals surface area contributed by atoms with Crippen molar-refractivity contribution in [2.75, 3.05) is 18.4 Å². The molecular weight excluding hydrogens is 324 g/mol. The normalized spacial score (nSPS) is 17.0. The van der Waals surface area contributed by atoms with E-state index in [1.807, 2.05) is 0 Å². The van der Waals surface area contributed by atoms with Crippen molar-refractivity contribution in [3.05, 3.63) is 66.0 Å². The van der Waals surface area contributed by atoms with Crippen LogP contribution in [0.3, 0.4) is 0 Å². The third-order valence-electron chi connectivity index (χ3n) is 4.32. The first-order chi connectivity index (χ1) is 12.2. The Morgan fingerprint density at radius 1 is 1.16 bits per heavy atom. The molecule has 0 spiro atoms. The molecule has 1 unspecified atom stereocenters. The summed E-state index contributed by atoms with van der Waals surface area (Å²) in [5.74, 6) is 0.0132. The van der Waals surface area contributed by atoms with E-state index in [4.69, 9.17) is 0 Å². The van der Waals surface area contributed by atoms with Crippen molar-refractivity contribution >= 4 is 11.6 Å². The minimum atomic E-state index is -0.337. The molecule has 1 atom stereocenters. The maximum Gasteiger partial charge on any atom is 0.246 e. The van der Waals surface area contributed by atoms with E-state index < -0.39 is 0 Å². The lowest BCUT2D eigenvalue weighted by atomic mass is 9.97. The fourth-order valence-electron chi connectivity index (χ4n) is 3.05. The molecule has 1 aliphatic rings. The molecule has 0 amide bonds. The van der Waals surface area contributed by atoms with E-state index in [0.29, 0.717) is 17.2 Å². The second-order valence-corrected chi connectivity index (χ2v) is 6.04. The lowest BCUT2D eigenvalue weighted by Crippen LogP contribution is -2.09. The van der Waals surface area contributed by atoms with Crippen molar-refractivity contribution in [1.82, 2.24) is 20.1 Å². The summed E-state index contributed by atoms with van der Waals surface area (Å²) in [6, 6.07) is 11.0. The van der Waals surface area contributed by atoms with Crippen molar-refractivity contribution in [2.45, 2.75) is 12.3 Å². The molecule has 1 saturated heterocycles. The minimum Gasteiger partial charge on any atom is -0.323 e. The SMILES string of the molecule is Fc1cccc(-n2cnc(Nc3ccc(F)c(C4CCNC4)c3)n2)c1. The maximum absolute atomic E-state index is 14.1. The zero-order chi connectivity index (χ0) is 17.2. The van der Waals surface area contributed by atoms with E-state index in [1.54, 1.807) is 24.3 Å². The second kappa shape index (κ2) is 6.60. The number of nitrogens with one attached hydrogen (secondary N) is 2. The number of rotatable bonds is 4. The second-order valence-electron chi connectivity index (χ2n) is 6.04. The van der Waals surface area contributed by atoms with Gasteiger partial charge < -0.3 is 10.6 Å². The zero-order valence-corrected chi connectivity index (χ0v) is 13.4. The molecule has 0 radical (unpaired) electrons. The third kappa shape index (κ3) is 3.36. The van der Waals surface area contributed by atoms with Gasteiger partial charge in [0.25, 0.3) is 0 Å². The van der Waals surface area contributed by atoms with Gasteiger partial charge in [0, 0.05) is 18.2 Å². The summed E-state index contributed by atoms with van der Waals surface area (Å²) < 4.78 is 28.9. The van der Waals surface area contributed by atoms with Gasteiger partial charge in [-0.05, 0) is 54.9 Å². The van der Waals surface area contributed by atoms with E-state index in [2.05, 4.69) is 20.7 Å². The Kier molecular flexibility index (Phi) is 4.15. The van der Waals surface area contributed by atoms with Crippen molar-refractivity contribution in [3.63, 3.8) is 0 Å². The summed E-state index contributed by atoms with van der Waals surface area (Å²) in [4.78, 5) is 4.18. The highest BCUT2D eigenvalue weighted by atomic mass is 19.1. The van der Waals surface area contributed by atoms with Crippen LogP contribution in [0.5, 0.6) is 0 Å². The van der Waals surface area contributed by atoms with Gasteiger partial charge in [0.05, 0.1) is 5.69 Å². The van der Waals surface area contributed by atoms with Crippen molar-refractivity contribution in [1.29, 1.82) is 0 Å². The smallest absolute Gasteiger partial charge is 0.246 e. The average Bonchev–Trinajstić information content (AvgIpc) is 3.28. The fourth-order valence-corrected chi connectivity index (χ4v) is 3.05. The molecule has 25 heavy (non-hydrogen) atoms. The van der Waals surface area contributed by atoms with Crippen LogP contribution in [0.25, 0.3) is 5.69 Å². The van der Waals surface area contributed by atoms with Gasteiger partial charge in [-0.25, -0.2) is 13.5 Å². The van der Waals surface area contributed by atoms with Crippen LogP contribution in [-0.4, -0.2) is 27.9 Å². The van der Waals surface area contributed by atoms with E-state index in [1.165, 1.54) is 29.2 Å². The molecule has 128 valence electrons. The van der Waals surface area contributed by atoms with E-state index in [9.17, 15) is 8.78 Å². The van der Waals surface area contributed by atoms with Crippen LogP contribution in [0, 0.1) is 11.6 Å². The molecule has 1 aromatic heterocycles. The lowest BCUT2D eigenvalue weighted by Gasteiger charge is -2.12. The third-order valence-corrected chi connectivity index (χ3v) is 4.32. The Morgan fingerprint density at radius 3 is 2.88 bits per heavy atom. The number of hydrogen-bond donors (Lipinski definition) is 2. The highest BCUT2D eigenvalue weighted by Gasteiger charge is 2.20. The van der Waals surface area contributed by atoms with Crippen molar-refractivity contribution in [3.8, 4) is 5.69 Å². The maximum atomic E-state index is 14.1.